The van der Waals surface area contributed by atoms with Gasteiger partial charge in [0, 0.05) is 25.2 Å². The number of anilines is 1. The van der Waals surface area contributed by atoms with Gasteiger partial charge in [-0.05, 0) is 31.0 Å². The summed E-state index contributed by atoms with van der Waals surface area (Å²) in [4.78, 5) is 11.2. The molecule has 0 saturated carbocycles. The number of hydrogen-bond acceptors (Lipinski definition) is 4. The van der Waals surface area contributed by atoms with Gasteiger partial charge in [0.1, 0.15) is 11.6 Å². The molecule has 0 aliphatic carbocycles. The van der Waals surface area contributed by atoms with E-state index in [1.807, 2.05) is 0 Å². The number of fused-ring (bicyclic) bond motifs is 2. The molecule has 2 aliphatic heterocycles. The van der Waals surface area contributed by atoms with E-state index in [0.29, 0.717) is 11.6 Å². The highest BCUT2D eigenvalue weighted by molar-refractivity contribution is 5.75. The molecular weight excluding hydrogens is 243 g/mol. The quantitative estimate of drug-likeness (QED) is 0.843. The van der Waals surface area contributed by atoms with Crippen molar-refractivity contribution in [3.63, 3.8) is 0 Å². The van der Waals surface area contributed by atoms with Gasteiger partial charge in [0.25, 0.3) is 0 Å². The average molecular weight is 258 g/mol. The molecule has 19 heavy (non-hydrogen) atoms. The molecule has 0 bridgehead atoms. The lowest BCUT2D eigenvalue weighted by atomic mass is 9.85. The van der Waals surface area contributed by atoms with Crippen molar-refractivity contribution in [2.24, 2.45) is 5.92 Å². The maximum Gasteiger partial charge on any atom is 0.147 e. The summed E-state index contributed by atoms with van der Waals surface area (Å²) < 4.78 is 13.1. The number of rotatable bonds is 1. The molecule has 98 valence electrons. The molecule has 2 atom stereocenters. The molecule has 1 aromatic heterocycles. The summed E-state index contributed by atoms with van der Waals surface area (Å²) in [5.74, 6) is 1.46. The molecule has 3 heterocycles. The van der Waals surface area contributed by atoms with Gasteiger partial charge in [0.15, 0.2) is 0 Å². The molecule has 1 N–H and O–H groups in total. The lowest BCUT2D eigenvalue weighted by Crippen LogP contribution is -2.62. The van der Waals surface area contributed by atoms with Crippen molar-refractivity contribution in [3.05, 3.63) is 30.2 Å². The fraction of sp³-hybridized carbons (Fsp3) is 0.429. The summed E-state index contributed by atoms with van der Waals surface area (Å²) >= 11 is 0. The van der Waals surface area contributed by atoms with Crippen LogP contribution in [0.4, 0.5) is 10.2 Å². The number of nitrogens with one attached hydrogen (secondary N) is 1. The Kier molecular flexibility index (Phi) is 2.41. The van der Waals surface area contributed by atoms with Gasteiger partial charge in [0.2, 0.25) is 0 Å². The predicted octanol–water partition coefficient (Wildman–Crippen LogP) is 1.57. The van der Waals surface area contributed by atoms with Crippen molar-refractivity contribution in [1.29, 1.82) is 0 Å². The lowest BCUT2D eigenvalue weighted by Gasteiger charge is -2.46. The van der Waals surface area contributed by atoms with Gasteiger partial charge >= 0.3 is 0 Å². The van der Waals surface area contributed by atoms with Gasteiger partial charge in [-0.25, -0.2) is 9.37 Å². The van der Waals surface area contributed by atoms with E-state index in [4.69, 9.17) is 0 Å². The maximum atomic E-state index is 13.1. The zero-order valence-corrected chi connectivity index (χ0v) is 10.5. The van der Waals surface area contributed by atoms with Crippen LogP contribution in [-0.4, -0.2) is 35.6 Å². The van der Waals surface area contributed by atoms with Gasteiger partial charge in [-0.2, -0.15) is 0 Å². The standard InChI is InChI=1S/C14H15FN4/c15-10-1-2-11-12(5-10)17-7-14(18-11)19-4-3-9-6-16-13(9)8-19/h1-2,5,7,9,13,16H,3-4,6,8H2. The summed E-state index contributed by atoms with van der Waals surface area (Å²) in [5.41, 5.74) is 1.36. The molecule has 5 heteroatoms. The SMILES string of the molecule is Fc1ccc2nc(N3CCC4CNC4C3)cnc2c1. The van der Waals surface area contributed by atoms with Crippen LogP contribution >= 0.6 is 0 Å². The molecular formula is C14H15FN4. The number of nitrogens with zero attached hydrogens (tertiary/aromatic N) is 3. The van der Waals surface area contributed by atoms with Crippen LogP contribution in [0.25, 0.3) is 11.0 Å². The van der Waals surface area contributed by atoms with Crippen LogP contribution in [0.5, 0.6) is 0 Å². The van der Waals surface area contributed by atoms with E-state index in [2.05, 4.69) is 20.2 Å². The van der Waals surface area contributed by atoms with Crippen LogP contribution in [0.15, 0.2) is 24.4 Å². The van der Waals surface area contributed by atoms with Gasteiger partial charge in [-0.1, -0.05) is 0 Å². The minimum Gasteiger partial charge on any atom is -0.354 e. The number of benzene rings is 1. The van der Waals surface area contributed by atoms with E-state index in [1.165, 1.54) is 18.6 Å². The van der Waals surface area contributed by atoms with Crippen molar-refractivity contribution in [2.45, 2.75) is 12.5 Å². The van der Waals surface area contributed by atoms with Crippen LogP contribution in [-0.2, 0) is 0 Å². The van der Waals surface area contributed by atoms with E-state index >= 15 is 0 Å². The van der Waals surface area contributed by atoms with E-state index in [9.17, 15) is 4.39 Å². The van der Waals surface area contributed by atoms with Gasteiger partial charge in [-0.15, -0.1) is 0 Å². The Balaban J connectivity index is 1.65. The minimum atomic E-state index is -0.269. The first-order valence-electron chi connectivity index (χ1n) is 6.70. The average Bonchev–Trinajstić information content (AvgIpc) is 2.40. The van der Waals surface area contributed by atoms with Crippen LogP contribution in [0, 0.1) is 11.7 Å². The summed E-state index contributed by atoms with van der Waals surface area (Å²) in [6.45, 7) is 3.18. The number of hydrogen-bond donors (Lipinski definition) is 1. The fourth-order valence-corrected chi connectivity index (χ4v) is 2.95. The Morgan fingerprint density at radius 3 is 3.05 bits per heavy atom. The molecule has 2 aromatic rings. The first-order valence-corrected chi connectivity index (χ1v) is 6.70. The third-order valence-electron chi connectivity index (χ3n) is 4.21. The first kappa shape index (κ1) is 11.1. The normalized spacial score (nSPS) is 26.1. The summed E-state index contributed by atoms with van der Waals surface area (Å²) in [5, 5.41) is 3.45. The van der Waals surface area contributed by atoms with Gasteiger partial charge in [-0.3, -0.25) is 4.98 Å². The topological polar surface area (TPSA) is 41.1 Å². The Hall–Kier alpha value is -1.75. The molecule has 0 amide bonds. The minimum absolute atomic E-state index is 0.269. The molecule has 2 aliphatic rings. The van der Waals surface area contributed by atoms with Crippen molar-refractivity contribution < 1.29 is 4.39 Å². The van der Waals surface area contributed by atoms with E-state index in [0.717, 1.165) is 36.9 Å². The molecule has 4 rings (SSSR count). The highest BCUT2D eigenvalue weighted by atomic mass is 19.1. The van der Waals surface area contributed by atoms with Crippen molar-refractivity contribution in [1.82, 2.24) is 15.3 Å². The highest BCUT2D eigenvalue weighted by Gasteiger charge is 2.35. The predicted molar refractivity (Wildman–Crippen MR) is 71.6 cm³/mol. The van der Waals surface area contributed by atoms with Crippen LogP contribution in [0.3, 0.4) is 0 Å². The maximum absolute atomic E-state index is 13.1. The van der Waals surface area contributed by atoms with Crippen LogP contribution in [0.1, 0.15) is 6.42 Å². The molecule has 0 radical (unpaired) electrons. The first-order chi connectivity index (χ1) is 9.29. The Labute approximate surface area is 110 Å². The molecule has 2 saturated heterocycles. The fourth-order valence-electron chi connectivity index (χ4n) is 2.95. The number of aromatic nitrogens is 2. The molecule has 0 spiro atoms. The van der Waals surface area contributed by atoms with Crippen LogP contribution in [0.2, 0.25) is 0 Å². The second kappa shape index (κ2) is 4.13. The van der Waals surface area contributed by atoms with E-state index < -0.39 is 0 Å². The molecule has 1 aromatic carbocycles. The molecule has 2 unspecified atom stereocenters. The van der Waals surface area contributed by atoms with Crippen molar-refractivity contribution in [2.75, 3.05) is 24.5 Å². The molecule has 2 fully saturated rings. The summed E-state index contributed by atoms with van der Waals surface area (Å²) in [7, 11) is 0. The Morgan fingerprint density at radius 2 is 2.26 bits per heavy atom. The largest absolute Gasteiger partial charge is 0.354 e. The zero-order valence-electron chi connectivity index (χ0n) is 10.5. The molecule has 4 nitrogen and oxygen atoms in total. The van der Waals surface area contributed by atoms with Crippen LogP contribution < -0.4 is 10.2 Å². The van der Waals surface area contributed by atoms with Crippen molar-refractivity contribution >= 4 is 16.9 Å². The smallest absolute Gasteiger partial charge is 0.147 e. The highest BCUT2D eigenvalue weighted by Crippen LogP contribution is 2.27. The summed E-state index contributed by atoms with van der Waals surface area (Å²) in [6, 6.07) is 5.14. The van der Waals surface area contributed by atoms with E-state index in [1.54, 1.807) is 12.3 Å². The third kappa shape index (κ3) is 1.85. The Bertz CT molecular complexity index is 630. The Morgan fingerprint density at radius 1 is 1.32 bits per heavy atom. The monoisotopic (exact) mass is 258 g/mol. The van der Waals surface area contributed by atoms with Crippen molar-refractivity contribution in [3.8, 4) is 0 Å². The second-order valence-corrected chi connectivity index (χ2v) is 5.37. The summed E-state index contributed by atoms with van der Waals surface area (Å²) in [6.07, 6.45) is 2.96. The second-order valence-electron chi connectivity index (χ2n) is 5.37. The number of halogens is 1. The third-order valence-corrected chi connectivity index (χ3v) is 4.21. The lowest BCUT2D eigenvalue weighted by molar-refractivity contribution is 0.196. The van der Waals surface area contributed by atoms with Gasteiger partial charge < -0.3 is 10.2 Å². The van der Waals surface area contributed by atoms with E-state index in [-0.39, 0.29) is 5.82 Å². The number of piperidine rings is 1. The van der Waals surface area contributed by atoms with Gasteiger partial charge in [0.05, 0.1) is 17.2 Å². The zero-order chi connectivity index (χ0) is 12.8.